The van der Waals surface area contributed by atoms with Gasteiger partial charge in [-0.1, -0.05) is 30.3 Å². The van der Waals surface area contributed by atoms with Crippen LogP contribution in [-0.4, -0.2) is 14.2 Å². The number of allylic oxidation sites excluding steroid dienone is 1. The maximum atomic E-state index is 13.4. The molecule has 0 bridgehead atoms. The van der Waals surface area contributed by atoms with Gasteiger partial charge < -0.3 is 10.1 Å². The van der Waals surface area contributed by atoms with Crippen LogP contribution >= 0.6 is 11.3 Å². The number of sulfonamides is 1. The van der Waals surface area contributed by atoms with Crippen molar-refractivity contribution >= 4 is 38.5 Å². The van der Waals surface area contributed by atoms with Crippen LogP contribution in [0.2, 0.25) is 0 Å². The third-order valence-corrected chi connectivity index (χ3v) is 8.02. The molecule has 0 radical (unpaired) electrons. The van der Waals surface area contributed by atoms with Crippen molar-refractivity contribution in [3.8, 4) is 11.5 Å². The van der Waals surface area contributed by atoms with Crippen LogP contribution in [0.1, 0.15) is 15.2 Å². The lowest BCUT2D eigenvalue weighted by Crippen LogP contribution is -2.38. The molecule has 0 atom stereocenters. The Balaban J connectivity index is 1.40. The van der Waals surface area contributed by atoms with Gasteiger partial charge >= 0.3 is 0 Å². The summed E-state index contributed by atoms with van der Waals surface area (Å²) < 4.78 is 47.1. The number of hydrogen-bond donors (Lipinski definition) is 1. The number of para-hydroxylation sites is 1. The van der Waals surface area contributed by atoms with Gasteiger partial charge in [0.25, 0.3) is 10.0 Å². The van der Waals surface area contributed by atoms with E-state index in [1.165, 1.54) is 46.1 Å². The second-order valence-electron chi connectivity index (χ2n) is 7.69. The third-order valence-electron chi connectivity index (χ3n) is 5.35. The van der Waals surface area contributed by atoms with Gasteiger partial charge in [-0.15, -0.1) is 11.3 Å². The summed E-state index contributed by atoms with van der Waals surface area (Å²) >= 11 is 1.18. The monoisotopic (exact) mass is 506 g/mol. The molecular formula is C26H19FN2O4S2. The van der Waals surface area contributed by atoms with Gasteiger partial charge in [-0.2, -0.15) is 0 Å². The molecule has 0 aliphatic carbocycles. The van der Waals surface area contributed by atoms with E-state index in [0.717, 1.165) is 0 Å². The highest BCUT2D eigenvalue weighted by Gasteiger charge is 2.41. The number of carbonyl (C=O) groups excluding carboxylic acids is 1. The molecule has 0 spiro atoms. The van der Waals surface area contributed by atoms with Crippen molar-refractivity contribution in [3.05, 3.63) is 118 Å². The number of thiophene rings is 1. The minimum absolute atomic E-state index is 0.0253. The van der Waals surface area contributed by atoms with Gasteiger partial charge in [-0.05, 0) is 65.5 Å². The summed E-state index contributed by atoms with van der Waals surface area (Å²) in [6.07, 6.45) is 1.21. The molecule has 5 rings (SSSR count). The van der Waals surface area contributed by atoms with E-state index in [1.807, 2.05) is 30.3 Å². The van der Waals surface area contributed by atoms with Gasteiger partial charge in [0, 0.05) is 11.9 Å². The average Bonchev–Trinajstić information content (AvgIpc) is 3.34. The number of nitrogens with one attached hydrogen (secondary N) is 1. The zero-order chi connectivity index (χ0) is 24.4. The standard InChI is InChI=1S/C26H19FN2O4S2/c27-19-8-6-18(7-9-19)17-29-23-14-15-34-26(23)25(30)24(35(29,31)32)16-28-20-10-12-22(13-11-20)33-21-4-2-1-3-5-21/h1-16,28H,17H2. The number of ketones is 1. The first-order chi connectivity index (χ1) is 16.9. The number of fused-ring (bicyclic) bond motifs is 1. The molecule has 1 N–H and O–H groups in total. The summed E-state index contributed by atoms with van der Waals surface area (Å²) in [6, 6.07) is 23.4. The summed E-state index contributed by atoms with van der Waals surface area (Å²) in [4.78, 5) is 13.0. The molecule has 1 aliphatic heterocycles. The highest BCUT2D eigenvalue weighted by atomic mass is 32.2. The molecule has 1 aromatic heterocycles. The van der Waals surface area contributed by atoms with Crippen LogP contribution in [0.5, 0.6) is 11.5 Å². The highest BCUT2D eigenvalue weighted by molar-refractivity contribution is 7.97. The smallest absolute Gasteiger partial charge is 0.270 e. The van der Waals surface area contributed by atoms with Crippen LogP contribution in [0, 0.1) is 5.82 Å². The van der Waals surface area contributed by atoms with Crippen molar-refractivity contribution in [2.75, 3.05) is 9.62 Å². The molecule has 1 aliphatic rings. The van der Waals surface area contributed by atoms with Crippen LogP contribution in [0.15, 0.2) is 101 Å². The van der Waals surface area contributed by atoms with Crippen molar-refractivity contribution in [3.63, 3.8) is 0 Å². The zero-order valence-corrected chi connectivity index (χ0v) is 19.9. The SMILES string of the molecule is O=C1C(=CNc2ccc(Oc3ccccc3)cc2)S(=O)(=O)N(Cc2ccc(F)cc2)c2ccsc21. The summed E-state index contributed by atoms with van der Waals surface area (Å²) in [5.41, 5.74) is 1.51. The molecule has 0 fully saturated rings. The van der Waals surface area contributed by atoms with Crippen LogP contribution < -0.4 is 14.4 Å². The summed E-state index contributed by atoms with van der Waals surface area (Å²) in [6.45, 7) is -0.0253. The van der Waals surface area contributed by atoms with Crippen LogP contribution in [-0.2, 0) is 16.6 Å². The topological polar surface area (TPSA) is 75.7 Å². The van der Waals surface area contributed by atoms with Crippen molar-refractivity contribution in [2.24, 2.45) is 0 Å². The lowest BCUT2D eigenvalue weighted by atomic mass is 10.2. The number of ether oxygens (including phenoxy) is 1. The van der Waals surface area contributed by atoms with E-state index in [-0.39, 0.29) is 11.4 Å². The van der Waals surface area contributed by atoms with E-state index in [4.69, 9.17) is 4.74 Å². The second-order valence-corrected chi connectivity index (χ2v) is 10.4. The molecule has 4 aromatic rings. The second kappa shape index (κ2) is 9.36. The Labute approximate surface area is 206 Å². The van der Waals surface area contributed by atoms with Crippen LogP contribution in [0.4, 0.5) is 15.8 Å². The van der Waals surface area contributed by atoms with Crippen LogP contribution in [0.3, 0.4) is 0 Å². The molecular weight excluding hydrogens is 487 g/mol. The van der Waals surface area contributed by atoms with E-state index in [1.54, 1.807) is 35.7 Å². The minimum Gasteiger partial charge on any atom is -0.457 e. The molecule has 0 amide bonds. The first kappa shape index (κ1) is 22.8. The molecule has 176 valence electrons. The first-order valence-electron chi connectivity index (χ1n) is 10.6. The number of anilines is 2. The predicted molar refractivity (Wildman–Crippen MR) is 135 cm³/mol. The largest absolute Gasteiger partial charge is 0.457 e. The fraction of sp³-hybridized carbons (Fsp3) is 0.0385. The molecule has 0 unspecified atom stereocenters. The maximum absolute atomic E-state index is 13.4. The lowest BCUT2D eigenvalue weighted by molar-refractivity contribution is 0.104. The fourth-order valence-corrected chi connectivity index (χ4v) is 6.09. The van der Waals surface area contributed by atoms with Crippen LogP contribution in [0.25, 0.3) is 0 Å². The van der Waals surface area contributed by atoms with E-state index < -0.39 is 21.6 Å². The molecule has 2 heterocycles. The molecule has 6 nitrogen and oxygen atoms in total. The van der Waals surface area contributed by atoms with E-state index in [2.05, 4.69) is 5.32 Å². The Hall–Kier alpha value is -3.95. The average molecular weight is 507 g/mol. The number of benzene rings is 3. The molecule has 9 heteroatoms. The molecule has 0 saturated heterocycles. The molecule has 3 aromatic carbocycles. The van der Waals surface area contributed by atoms with Crippen molar-refractivity contribution in [1.82, 2.24) is 0 Å². The van der Waals surface area contributed by atoms with Crippen molar-refractivity contribution < 1.29 is 22.3 Å². The highest BCUT2D eigenvalue weighted by Crippen LogP contribution is 2.39. The number of halogens is 1. The van der Waals surface area contributed by atoms with E-state index >= 15 is 0 Å². The lowest BCUT2D eigenvalue weighted by Gasteiger charge is -2.29. The minimum atomic E-state index is -4.15. The Morgan fingerprint density at radius 3 is 2.31 bits per heavy atom. The summed E-state index contributed by atoms with van der Waals surface area (Å²) in [7, 11) is -4.15. The third kappa shape index (κ3) is 4.68. The number of hydrogen-bond acceptors (Lipinski definition) is 6. The van der Waals surface area contributed by atoms with Gasteiger partial charge in [0.2, 0.25) is 5.78 Å². The van der Waals surface area contributed by atoms with Crippen molar-refractivity contribution in [1.29, 1.82) is 0 Å². The maximum Gasteiger partial charge on any atom is 0.270 e. The quantitative estimate of drug-likeness (QED) is 0.317. The van der Waals surface area contributed by atoms with E-state index in [9.17, 15) is 17.6 Å². The van der Waals surface area contributed by atoms with Gasteiger partial charge in [-0.3, -0.25) is 9.10 Å². The van der Waals surface area contributed by atoms with Crippen molar-refractivity contribution in [2.45, 2.75) is 6.54 Å². The number of Topliss-reactive ketones (excluding diaryl/α,β-unsaturated/α-hetero) is 1. The predicted octanol–water partition coefficient (Wildman–Crippen LogP) is 6.17. The van der Waals surface area contributed by atoms with Gasteiger partial charge in [-0.25, -0.2) is 12.8 Å². The Morgan fingerprint density at radius 2 is 1.60 bits per heavy atom. The molecule has 35 heavy (non-hydrogen) atoms. The first-order valence-corrected chi connectivity index (χ1v) is 12.9. The van der Waals surface area contributed by atoms with E-state index in [0.29, 0.717) is 33.3 Å². The Morgan fingerprint density at radius 1 is 0.914 bits per heavy atom. The number of carbonyl (C=O) groups is 1. The summed E-state index contributed by atoms with van der Waals surface area (Å²) in [5, 5.41) is 4.60. The number of nitrogens with zero attached hydrogens (tertiary/aromatic N) is 1. The number of rotatable bonds is 6. The van der Waals surface area contributed by atoms with Gasteiger partial charge in [0.1, 0.15) is 22.2 Å². The Bertz CT molecular complexity index is 1500. The normalized spacial score (nSPS) is 15.6. The van der Waals surface area contributed by atoms with Gasteiger partial charge in [0.15, 0.2) is 4.91 Å². The summed E-state index contributed by atoms with van der Waals surface area (Å²) in [5.74, 6) is 0.334. The Kier molecular flexibility index (Phi) is 6.10. The molecule has 0 saturated carbocycles. The fourth-order valence-electron chi connectivity index (χ4n) is 3.60. The zero-order valence-electron chi connectivity index (χ0n) is 18.2. The van der Waals surface area contributed by atoms with Gasteiger partial charge in [0.05, 0.1) is 12.2 Å².